The van der Waals surface area contributed by atoms with Crippen LogP contribution in [-0.4, -0.2) is 15.7 Å². The highest BCUT2D eigenvalue weighted by Crippen LogP contribution is 2.34. The van der Waals surface area contributed by atoms with Crippen molar-refractivity contribution in [3.63, 3.8) is 0 Å². The molecular formula is C19H13F6N3O. The zero-order chi connectivity index (χ0) is 21.4. The largest absolute Gasteiger partial charge is 0.416 e. The zero-order valence-electron chi connectivity index (χ0n) is 14.6. The molecule has 4 nitrogen and oxygen atoms in total. The Balaban J connectivity index is 2.13. The lowest BCUT2D eigenvalue weighted by Gasteiger charge is -2.10. The normalized spacial score (nSPS) is 12.2. The van der Waals surface area contributed by atoms with Gasteiger partial charge in [-0.2, -0.15) is 31.4 Å². The van der Waals surface area contributed by atoms with Crippen molar-refractivity contribution in [3.05, 3.63) is 71.9 Å². The van der Waals surface area contributed by atoms with E-state index in [9.17, 15) is 31.1 Å². The Bertz CT molecular complexity index is 1060. The molecule has 29 heavy (non-hydrogen) atoms. The number of aromatic nitrogens is 2. The fourth-order valence-electron chi connectivity index (χ4n) is 2.72. The van der Waals surface area contributed by atoms with Crippen LogP contribution in [0.2, 0.25) is 0 Å². The van der Waals surface area contributed by atoms with Crippen molar-refractivity contribution in [3.8, 4) is 5.69 Å². The summed E-state index contributed by atoms with van der Waals surface area (Å²) in [5.74, 6) is -0.505. The monoisotopic (exact) mass is 413 g/mol. The third kappa shape index (κ3) is 4.25. The average Bonchev–Trinajstić information content (AvgIpc) is 3.03. The van der Waals surface area contributed by atoms with Gasteiger partial charge in [-0.3, -0.25) is 4.79 Å². The Hall–Kier alpha value is -3.30. The molecule has 0 bridgehead atoms. The molecule has 1 heterocycles. The Labute approximate surface area is 160 Å². The number of nitrogens with one attached hydrogen (secondary N) is 1. The Morgan fingerprint density at radius 2 is 1.59 bits per heavy atom. The van der Waals surface area contributed by atoms with Crippen molar-refractivity contribution >= 4 is 16.8 Å². The second-order valence-electron chi connectivity index (χ2n) is 6.05. The molecule has 0 spiro atoms. The molecule has 0 unspecified atom stereocenters. The zero-order valence-corrected chi connectivity index (χ0v) is 14.6. The summed E-state index contributed by atoms with van der Waals surface area (Å²) < 4.78 is 78.8. The molecular weight excluding hydrogens is 400 g/mol. The fraction of sp³-hybridized carbons (Fsp3) is 0.158. The van der Waals surface area contributed by atoms with Gasteiger partial charge in [0, 0.05) is 5.39 Å². The summed E-state index contributed by atoms with van der Waals surface area (Å²) in [6, 6.07) is 6.80. The van der Waals surface area contributed by atoms with Gasteiger partial charge in [0.1, 0.15) is 0 Å². The fourth-order valence-corrected chi connectivity index (χ4v) is 2.72. The number of alkyl halides is 6. The van der Waals surface area contributed by atoms with Crippen LogP contribution in [-0.2, 0) is 23.7 Å². The van der Waals surface area contributed by atoms with E-state index in [0.717, 1.165) is 47.2 Å². The smallest absolute Gasteiger partial charge is 0.347 e. The van der Waals surface area contributed by atoms with E-state index in [-0.39, 0.29) is 23.4 Å². The van der Waals surface area contributed by atoms with E-state index in [1.54, 1.807) is 0 Å². The van der Waals surface area contributed by atoms with Crippen LogP contribution in [0.3, 0.4) is 0 Å². The van der Waals surface area contributed by atoms with Crippen LogP contribution in [0, 0.1) is 0 Å². The molecule has 10 heteroatoms. The SMILES string of the molecule is C=CC(=O)NCc1nn(-c2ccc(C(F)(F)F)cc2)c2cc(C(F)(F)F)ccc12. The van der Waals surface area contributed by atoms with Gasteiger partial charge in [0.25, 0.3) is 0 Å². The first kappa shape index (κ1) is 20.4. The number of fused-ring (bicyclic) bond motifs is 1. The van der Waals surface area contributed by atoms with Gasteiger partial charge in [-0.15, -0.1) is 0 Å². The van der Waals surface area contributed by atoms with Gasteiger partial charge < -0.3 is 5.32 Å². The standard InChI is InChI=1S/C19H13F6N3O/c1-2-17(29)26-10-15-14-8-5-12(19(23,24)25)9-16(14)28(27-15)13-6-3-11(4-7-13)18(20,21)22/h2-9H,1,10H2,(H,26,29). The second-order valence-corrected chi connectivity index (χ2v) is 6.05. The predicted molar refractivity (Wildman–Crippen MR) is 93.1 cm³/mol. The van der Waals surface area contributed by atoms with Gasteiger partial charge in [0.2, 0.25) is 5.91 Å². The summed E-state index contributed by atoms with van der Waals surface area (Å²) in [5.41, 5.74) is -1.39. The van der Waals surface area contributed by atoms with Gasteiger partial charge in [0.15, 0.2) is 0 Å². The number of carbonyl (C=O) groups is 1. The summed E-state index contributed by atoms with van der Waals surface area (Å²) in [4.78, 5) is 11.4. The topological polar surface area (TPSA) is 46.9 Å². The van der Waals surface area contributed by atoms with Crippen molar-refractivity contribution in [1.82, 2.24) is 15.1 Å². The third-order valence-corrected chi connectivity index (χ3v) is 4.14. The van der Waals surface area contributed by atoms with Crippen LogP contribution in [0.15, 0.2) is 55.1 Å². The first-order valence-corrected chi connectivity index (χ1v) is 8.17. The number of rotatable bonds is 4. The minimum absolute atomic E-state index is 0.0439. The quantitative estimate of drug-likeness (QED) is 0.490. The average molecular weight is 413 g/mol. The van der Waals surface area contributed by atoms with E-state index < -0.39 is 29.4 Å². The molecule has 0 fully saturated rings. The van der Waals surface area contributed by atoms with Crippen molar-refractivity contribution in [1.29, 1.82) is 0 Å². The number of amides is 1. The molecule has 3 aromatic rings. The summed E-state index contributed by atoms with van der Waals surface area (Å²) in [7, 11) is 0. The summed E-state index contributed by atoms with van der Waals surface area (Å²) >= 11 is 0. The lowest BCUT2D eigenvalue weighted by Crippen LogP contribution is -2.20. The van der Waals surface area contributed by atoms with E-state index in [0.29, 0.717) is 5.39 Å². The summed E-state index contributed by atoms with van der Waals surface area (Å²) in [5, 5.41) is 7.00. The molecule has 1 aromatic heterocycles. The summed E-state index contributed by atoms with van der Waals surface area (Å²) in [6.45, 7) is 3.20. The number of hydrogen-bond acceptors (Lipinski definition) is 2. The highest BCUT2D eigenvalue weighted by atomic mass is 19.4. The van der Waals surface area contributed by atoms with Gasteiger partial charge in [0.05, 0.1) is 34.6 Å². The molecule has 0 aliphatic rings. The number of halogens is 6. The number of hydrogen-bond donors (Lipinski definition) is 1. The third-order valence-electron chi connectivity index (χ3n) is 4.14. The maximum atomic E-state index is 13.1. The molecule has 1 amide bonds. The van der Waals surface area contributed by atoms with Crippen LogP contribution in [0.4, 0.5) is 26.3 Å². The van der Waals surface area contributed by atoms with Crippen LogP contribution in [0.5, 0.6) is 0 Å². The molecule has 3 rings (SSSR count). The molecule has 152 valence electrons. The van der Waals surface area contributed by atoms with Gasteiger partial charge in [-0.05, 0) is 42.5 Å². The minimum atomic E-state index is -4.61. The number of benzene rings is 2. The molecule has 0 saturated carbocycles. The van der Waals surface area contributed by atoms with Crippen LogP contribution >= 0.6 is 0 Å². The lowest BCUT2D eigenvalue weighted by atomic mass is 10.1. The first-order valence-electron chi connectivity index (χ1n) is 8.17. The Morgan fingerprint density at radius 1 is 1.00 bits per heavy atom. The molecule has 1 N–H and O–H groups in total. The molecule has 0 aliphatic carbocycles. The maximum absolute atomic E-state index is 13.1. The highest BCUT2D eigenvalue weighted by molar-refractivity contribution is 5.88. The van der Waals surface area contributed by atoms with Gasteiger partial charge >= 0.3 is 12.4 Å². The highest BCUT2D eigenvalue weighted by Gasteiger charge is 2.32. The van der Waals surface area contributed by atoms with E-state index in [4.69, 9.17) is 0 Å². The predicted octanol–water partition coefficient (Wildman–Crippen LogP) is 4.87. The van der Waals surface area contributed by atoms with Gasteiger partial charge in [-0.25, -0.2) is 4.68 Å². The van der Waals surface area contributed by atoms with E-state index in [1.807, 2.05) is 0 Å². The number of carbonyl (C=O) groups excluding carboxylic acids is 1. The first-order chi connectivity index (χ1) is 13.5. The van der Waals surface area contributed by atoms with Crippen molar-refractivity contribution in [2.75, 3.05) is 0 Å². The van der Waals surface area contributed by atoms with E-state index >= 15 is 0 Å². The molecule has 2 aromatic carbocycles. The van der Waals surface area contributed by atoms with Crippen LogP contribution in [0.1, 0.15) is 16.8 Å². The lowest BCUT2D eigenvalue weighted by molar-refractivity contribution is -0.138. The maximum Gasteiger partial charge on any atom is 0.416 e. The number of nitrogens with zero attached hydrogens (tertiary/aromatic N) is 2. The molecule has 0 saturated heterocycles. The van der Waals surface area contributed by atoms with E-state index in [2.05, 4.69) is 17.0 Å². The van der Waals surface area contributed by atoms with Crippen molar-refractivity contribution < 1.29 is 31.1 Å². The van der Waals surface area contributed by atoms with E-state index in [1.165, 1.54) is 6.07 Å². The van der Waals surface area contributed by atoms with Crippen molar-refractivity contribution in [2.45, 2.75) is 18.9 Å². The Kier molecular flexibility index (Phi) is 5.12. The Morgan fingerprint density at radius 3 is 2.14 bits per heavy atom. The van der Waals surface area contributed by atoms with Gasteiger partial charge in [-0.1, -0.05) is 12.6 Å². The molecule has 0 radical (unpaired) electrons. The minimum Gasteiger partial charge on any atom is -0.347 e. The van der Waals surface area contributed by atoms with Crippen LogP contribution < -0.4 is 5.32 Å². The molecule has 0 atom stereocenters. The second kappa shape index (κ2) is 7.26. The van der Waals surface area contributed by atoms with Crippen LogP contribution in [0.25, 0.3) is 16.6 Å². The molecule has 0 aliphatic heterocycles. The summed E-state index contributed by atoms with van der Waals surface area (Å²) in [6.07, 6.45) is -8.13. The van der Waals surface area contributed by atoms with Crippen molar-refractivity contribution in [2.24, 2.45) is 0 Å².